The molecule has 7 heteroatoms. The summed E-state index contributed by atoms with van der Waals surface area (Å²) in [6.07, 6.45) is 1.67. The van der Waals surface area contributed by atoms with Gasteiger partial charge in [0.25, 0.3) is 0 Å². The van der Waals surface area contributed by atoms with Gasteiger partial charge in [-0.15, -0.1) is 0 Å². The van der Waals surface area contributed by atoms with E-state index in [0.717, 1.165) is 27.0 Å². The number of ether oxygens (including phenoxy) is 1. The van der Waals surface area contributed by atoms with Crippen molar-refractivity contribution in [2.24, 2.45) is 0 Å². The van der Waals surface area contributed by atoms with Gasteiger partial charge < -0.3 is 9.30 Å². The van der Waals surface area contributed by atoms with E-state index in [1.807, 2.05) is 71.3 Å². The summed E-state index contributed by atoms with van der Waals surface area (Å²) in [5, 5.41) is 1.21. The van der Waals surface area contributed by atoms with Gasteiger partial charge in [0.15, 0.2) is 10.6 Å². The zero-order valence-corrected chi connectivity index (χ0v) is 18.8. The van der Waals surface area contributed by atoms with Crippen LogP contribution >= 0.6 is 11.3 Å². The average Bonchev–Trinajstić information content (AvgIpc) is 3.28. The number of hydrogen-bond donors (Lipinski definition) is 0. The van der Waals surface area contributed by atoms with Crippen molar-refractivity contribution in [1.29, 1.82) is 0 Å². The van der Waals surface area contributed by atoms with E-state index in [4.69, 9.17) is 9.72 Å². The normalized spacial score (nSPS) is 11.1. The minimum Gasteiger partial charge on any atom is -0.497 e. The summed E-state index contributed by atoms with van der Waals surface area (Å²) in [5.41, 5.74) is 2.49. The number of thiazole rings is 1. The van der Waals surface area contributed by atoms with Crippen LogP contribution in [0.3, 0.4) is 0 Å². The number of aromatic nitrogens is 2. The van der Waals surface area contributed by atoms with Crippen molar-refractivity contribution in [1.82, 2.24) is 9.55 Å². The second kappa shape index (κ2) is 8.88. The molecule has 0 fully saturated rings. The lowest BCUT2D eigenvalue weighted by molar-refractivity contribution is -0.119. The number of benzene rings is 3. The summed E-state index contributed by atoms with van der Waals surface area (Å²) in [4.78, 5) is 32.3. The molecule has 0 spiro atoms. The van der Waals surface area contributed by atoms with Gasteiger partial charge in [-0.1, -0.05) is 53.8 Å². The first-order chi connectivity index (χ1) is 16.1. The predicted octanol–water partition coefficient (Wildman–Crippen LogP) is 4.85. The maximum Gasteiger partial charge on any atom is 0.249 e. The SMILES string of the molecule is COc1ccc2nc(N(Cc3ccccc3)C(=O)Cn3ccc(=O)c4ccccc43)sc2c1. The summed E-state index contributed by atoms with van der Waals surface area (Å²) >= 11 is 1.45. The van der Waals surface area contributed by atoms with Crippen molar-refractivity contribution >= 4 is 43.5 Å². The second-order valence-electron chi connectivity index (χ2n) is 7.62. The van der Waals surface area contributed by atoms with E-state index in [0.29, 0.717) is 17.1 Å². The molecule has 0 N–H and O–H groups in total. The maximum absolute atomic E-state index is 13.6. The van der Waals surface area contributed by atoms with Crippen LogP contribution < -0.4 is 15.1 Å². The molecule has 5 aromatic rings. The zero-order valence-electron chi connectivity index (χ0n) is 18.0. The van der Waals surface area contributed by atoms with Crippen molar-refractivity contribution < 1.29 is 9.53 Å². The second-order valence-corrected chi connectivity index (χ2v) is 8.63. The molecule has 1 amide bonds. The Hall–Kier alpha value is -3.97. The summed E-state index contributed by atoms with van der Waals surface area (Å²) in [6.45, 7) is 0.488. The van der Waals surface area contributed by atoms with Crippen LogP contribution in [0, 0.1) is 0 Å². The van der Waals surface area contributed by atoms with Crippen molar-refractivity contribution in [3.63, 3.8) is 0 Å². The third-order valence-corrected chi connectivity index (χ3v) is 6.53. The molecule has 164 valence electrons. The Morgan fingerprint density at radius 3 is 2.64 bits per heavy atom. The van der Waals surface area contributed by atoms with E-state index in [1.165, 1.54) is 17.4 Å². The van der Waals surface area contributed by atoms with E-state index in [-0.39, 0.29) is 17.9 Å². The number of anilines is 1. The van der Waals surface area contributed by atoms with Crippen LogP contribution in [0.2, 0.25) is 0 Å². The van der Waals surface area contributed by atoms with Gasteiger partial charge in [-0.3, -0.25) is 14.5 Å². The number of fused-ring (bicyclic) bond motifs is 2. The van der Waals surface area contributed by atoms with Gasteiger partial charge in [-0.25, -0.2) is 4.98 Å². The number of para-hydroxylation sites is 1. The molecule has 5 rings (SSSR count). The number of carbonyl (C=O) groups is 1. The molecule has 0 atom stereocenters. The fourth-order valence-corrected chi connectivity index (χ4v) is 4.80. The van der Waals surface area contributed by atoms with E-state index in [9.17, 15) is 9.59 Å². The maximum atomic E-state index is 13.6. The van der Waals surface area contributed by atoms with Gasteiger partial charge in [0.1, 0.15) is 12.3 Å². The van der Waals surface area contributed by atoms with Crippen LogP contribution in [-0.4, -0.2) is 22.6 Å². The Morgan fingerprint density at radius 2 is 1.82 bits per heavy atom. The number of amides is 1. The van der Waals surface area contributed by atoms with E-state index < -0.39 is 0 Å². The Kier molecular flexibility index (Phi) is 5.62. The van der Waals surface area contributed by atoms with Gasteiger partial charge in [-0.2, -0.15) is 0 Å². The molecule has 2 aromatic heterocycles. The molecule has 0 aliphatic rings. The Bertz CT molecular complexity index is 1510. The number of carbonyl (C=O) groups excluding carboxylic acids is 1. The minimum absolute atomic E-state index is 0.0597. The fraction of sp³-hybridized carbons (Fsp3) is 0.115. The van der Waals surface area contributed by atoms with Gasteiger partial charge in [0.05, 0.1) is 29.4 Å². The minimum atomic E-state index is -0.112. The topological polar surface area (TPSA) is 64.4 Å². The molecule has 0 unspecified atom stereocenters. The van der Waals surface area contributed by atoms with Gasteiger partial charge in [0.2, 0.25) is 5.91 Å². The molecule has 0 saturated carbocycles. The lowest BCUT2D eigenvalue weighted by Crippen LogP contribution is -2.33. The monoisotopic (exact) mass is 455 g/mol. The highest BCUT2D eigenvalue weighted by atomic mass is 32.1. The first kappa shape index (κ1) is 20.9. The van der Waals surface area contributed by atoms with Crippen LogP contribution in [0.15, 0.2) is 89.9 Å². The first-order valence-corrected chi connectivity index (χ1v) is 11.3. The number of methoxy groups -OCH3 is 1. The zero-order chi connectivity index (χ0) is 22.8. The van der Waals surface area contributed by atoms with Crippen molar-refractivity contribution in [3.05, 3.63) is 101 Å². The number of rotatable bonds is 6. The van der Waals surface area contributed by atoms with Crippen molar-refractivity contribution in [2.75, 3.05) is 12.0 Å². The molecule has 3 aromatic carbocycles. The number of hydrogen-bond acceptors (Lipinski definition) is 5. The standard InChI is InChI=1S/C26H21N3O3S/c1-32-19-11-12-21-24(15-19)33-26(27-21)29(16-18-7-3-2-4-8-18)25(31)17-28-14-13-23(30)20-9-5-6-10-22(20)28/h2-15H,16-17H2,1H3. The molecular weight excluding hydrogens is 434 g/mol. The number of nitrogens with zero attached hydrogens (tertiary/aromatic N) is 3. The fourth-order valence-electron chi connectivity index (χ4n) is 3.79. The van der Waals surface area contributed by atoms with Gasteiger partial charge >= 0.3 is 0 Å². The highest BCUT2D eigenvalue weighted by Gasteiger charge is 2.21. The van der Waals surface area contributed by atoms with Crippen LogP contribution in [0.1, 0.15) is 5.56 Å². The number of pyridine rings is 1. The van der Waals surface area contributed by atoms with E-state index >= 15 is 0 Å². The summed E-state index contributed by atoms with van der Waals surface area (Å²) in [6, 6.07) is 24.4. The molecule has 0 aliphatic carbocycles. The van der Waals surface area contributed by atoms with Crippen LogP contribution in [-0.2, 0) is 17.9 Å². The predicted molar refractivity (Wildman–Crippen MR) is 132 cm³/mol. The molecular formula is C26H21N3O3S. The molecule has 6 nitrogen and oxygen atoms in total. The van der Waals surface area contributed by atoms with Crippen molar-refractivity contribution in [2.45, 2.75) is 13.1 Å². The molecule has 33 heavy (non-hydrogen) atoms. The Balaban J connectivity index is 1.54. The smallest absolute Gasteiger partial charge is 0.249 e. The quantitative estimate of drug-likeness (QED) is 0.367. The van der Waals surface area contributed by atoms with Gasteiger partial charge in [0, 0.05) is 17.6 Å². The summed E-state index contributed by atoms with van der Waals surface area (Å²) < 4.78 is 8.10. The highest BCUT2D eigenvalue weighted by molar-refractivity contribution is 7.22. The molecule has 0 radical (unpaired) electrons. The highest BCUT2D eigenvalue weighted by Crippen LogP contribution is 2.32. The molecule has 0 saturated heterocycles. The van der Waals surface area contributed by atoms with E-state index in [1.54, 1.807) is 24.3 Å². The van der Waals surface area contributed by atoms with E-state index in [2.05, 4.69) is 0 Å². The van der Waals surface area contributed by atoms with Gasteiger partial charge in [-0.05, 0) is 35.9 Å². The van der Waals surface area contributed by atoms with Crippen LogP contribution in [0.25, 0.3) is 21.1 Å². The first-order valence-electron chi connectivity index (χ1n) is 10.5. The van der Waals surface area contributed by atoms with Crippen LogP contribution in [0.5, 0.6) is 5.75 Å². The molecule has 0 aliphatic heterocycles. The Labute approximate surface area is 194 Å². The van der Waals surface area contributed by atoms with Crippen LogP contribution in [0.4, 0.5) is 5.13 Å². The Morgan fingerprint density at radius 1 is 1.03 bits per heavy atom. The third-order valence-electron chi connectivity index (χ3n) is 5.49. The third kappa shape index (κ3) is 4.23. The molecule has 0 bridgehead atoms. The largest absolute Gasteiger partial charge is 0.497 e. The summed E-state index contributed by atoms with van der Waals surface area (Å²) in [7, 11) is 1.63. The lowest BCUT2D eigenvalue weighted by atomic mass is 10.2. The summed E-state index contributed by atoms with van der Waals surface area (Å²) in [5.74, 6) is 0.636. The lowest BCUT2D eigenvalue weighted by Gasteiger charge is -2.21. The average molecular weight is 456 g/mol. The van der Waals surface area contributed by atoms with Crippen molar-refractivity contribution in [3.8, 4) is 5.75 Å². The molecule has 2 heterocycles.